The summed E-state index contributed by atoms with van der Waals surface area (Å²) in [6.07, 6.45) is -1.19. The summed E-state index contributed by atoms with van der Waals surface area (Å²) in [6.45, 7) is 4.27. The molecule has 2 heterocycles. The van der Waals surface area contributed by atoms with Gasteiger partial charge in [0.15, 0.2) is 0 Å². The van der Waals surface area contributed by atoms with Crippen molar-refractivity contribution in [3.63, 3.8) is 0 Å². The van der Waals surface area contributed by atoms with E-state index in [2.05, 4.69) is 15.5 Å². The molecule has 0 radical (unpaired) electrons. The Bertz CT molecular complexity index is 1450. The van der Waals surface area contributed by atoms with Crippen LogP contribution in [0.4, 0.5) is 18.9 Å². The van der Waals surface area contributed by atoms with Gasteiger partial charge in [-0.05, 0) is 59.5 Å². The molecule has 0 aliphatic carbocycles. The predicted octanol–water partition coefficient (Wildman–Crippen LogP) is 5.71. The van der Waals surface area contributed by atoms with Crippen LogP contribution in [-0.2, 0) is 17.5 Å². The third kappa shape index (κ3) is 5.63. The molecule has 37 heavy (non-hydrogen) atoms. The lowest BCUT2D eigenvalue weighted by Gasteiger charge is -2.27. The van der Waals surface area contributed by atoms with Crippen molar-refractivity contribution in [3.05, 3.63) is 89.2 Å². The largest absolute Gasteiger partial charge is 0.416 e. The molecule has 1 N–H and O–H groups in total. The number of aryl methyl sites for hydroxylation is 1. The number of nitrogens with one attached hydrogen (secondary N) is 1. The molecule has 0 saturated carbocycles. The SMILES string of the molecule is Cc1ccc(C(=O)Nc2ccc(CN3CCOCC3)c(C(F)(F)F)c2)cc1-c1ccc2cnncc2c1. The number of morpholine rings is 1. The number of rotatable bonds is 5. The van der Waals surface area contributed by atoms with Crippen molar-refractivity contribution in [1.82, 2.24) is 15.1 Å². The average Bonchev–Trinajstić information content (AvgIpc) is 2.89. The van der Waals surface area contributed by atoms with Gasteiger partial charge >= 0.3 is 6.18 Å². The van der Waals surface area contributed by atoms with Crippen LogP contribution in [0.25, 0.3) is 21.9 Å². The van der Waals surface area contributed by atoms with Crippen LogP contribution in [0.2, 0.25) is 0 Å². The molecule has 0 unspecified atom stereocenters. The van der Waals surface area contributed by atoms with Crippen molar-refractivity contribution in [2.45, 2.75) is 19.6 Å². The molecule has 0 atom stereocenters. The number of amides is 1. The monoisotopic (exact) mass is 506 g/mol. The van der Waals surface area contributed by atoms with Gasteiger partial charge in [-0.3, -0.25) is 9.69 Å². The van der Waals surface area contributed by atoms with Crippen LogP contribution < -0.4 is 5.32 Å². The van der Waals surface area contributed by atoms with E-state index in [1.165, 1.54) is 12.1 Å². The standard InChI is InChI=1S/C28H25F3N4O2/c1-18-2-3-20(13-25(18)19-4-5-21-15-32-33-16-23(21)12-19)27(36)34-24-7-6-22(26(14-24)28(29,30)31)17-35-8-10-37-11-9-35/h2-7,12-16H,8-11,17H2,1H3,(H,34,36). The summed E-state index contributed by atoms with van der Waals surface area (Å²) in [7, 11) is 0. The van der Waals surface area contributed by atoms with Gasteiger partial charge in [-0.1, -0.05) is 24.3 Å². The Balaban J connectivity index is 1.39. The van der Waals surface area contributed by atoms with Gasteiger partial charge in [-0.2, -0.15) is 23.4 Å². The second kappa shape index (κ2) is 10.3. The minimum Gasteiger partial charge on any atom is -0.379 e. The van der Waals surface area contributed by atoms with Crippen LogP contribution >= 0.6 is 0 Å². The van der Waals surface area contributed by atoms with Crippen LogP contribution in [0, 0.1) is 6.92 Å². The molecule has 1 aromatic heterocycles. The molecule has 5 rings (SSSR count). The smallest absolute Gasteiger partial charge is 0.379 e. The first-order valence-electron chi connectivity index (χ1n) is 11.9. The van der Waals surface area contributed by atoms with E-state index in [9.17, 15) is 18.0 Å². The maximum absolute atomic E-state index is 13.9. The lowest BCUT2D eigenvalue weighted by atomic mass is 9.96. The first-order valence-corrected chi connectivity index (χ1v) is 11.9. The average molecular weight is 507 g/mol. The number of ether oxygens (including phenoxy) is 1. The van der Waals surface area contributed by atoms with Crippen molar-refractivity contribution in [2.75, 3.05) is 31.6 Å². The van der Waals surface area contributed by atoms with Crippen LogP contribution in [0.5, 0.6) is 0 Å². The van der Waals surface area contributed by atoms with Crippen LogP contribution in [0.3, 0.4) is 0 Å². The number of carbonyl (C=O) groups excluding carboxylic acids is 1. The Hall–Kier alpha value is -3.82. The number of hydrogen-bond acceptors (Lipinski definition) is 5. The summed E-state index contributed by atoms with van der Waals surface area (Å²) >= 11 is 0. The third-order valence-corrected chi connectivity index (χ3v) is 6.53. The highest BCUT2D eigenvalue weighted by atomic mass is 19.4. The lowest BCUT2D eigenvalue weighted by Crippen LogP contribution is -2.36. The molecular weight excluding hydrogens is 481 g/mol. The van der Waals surface area contributed by atoms with E-state index in [1.54, 1.807) is 24.5 Å². The number of hydrogen-bond donors (Lipinski definition) is 1. The molecule has 3 aromatic carbocycles. The molecule has 1 fully saturated rings. The van der Waals surface area contributed by atoms with E-state index in [1.807, 2.05) is 36.1 Å². The quantitative estimate of drug-likeness (QED) is 0.376. The highest BCUT2D eigenvalue weighted by Gasteiger charge is 2.34. The fourth-order valence-corrected chi connectivity index (χ4v) is 4.50. The molecule has 6 nitrogen and oxygen atoms in total. The van der Waals surface area contributed by atoms with Gasteiger partial charge < -0.3 is 10.1 Å². The molecule has 0 bridgehead atoms. The van der Waals surface area contributed by atoms with Crippen molar-refractivity contribution < 1.29 is 22.7 Å². The number of aromatic nitrogens is 2. The van der Waals surface area contributed by atoms with Gasteiger partial charge in [-0.25, -0.2) is 0 Å². The fourth-order valence-electron chi connectivity index (χ4n) is 4.50. The van der Waals surface area contributed by atoms with Crippen LogP contribution in [0.1, 0.15) is 27.0 Å². The summed E-state index contributed by atoms with van der Waals surface area (Å²) in [5, 5.41) is 12.3. The van der Waals surface area contributed by atoms with Gasteiger partial charge in [-0.15, -0.1) is 0 Å². The maximum Gasteiger partial charge on any atom is 0.416 e. The number of carbonyl (C=O) groups is 1. The zero-order valence-electron chi connectivity index (χ0n) is 20.2. The fraction of sp³-hybridized carbons (Fsp3) is 0.250. The van der Waals surface area contributed by atoms with Gasteiger partial charge in [0.1, 0.15) is 0 Å². The first kappa shape index (κ1) is 24.9. The Morgan fingerprint density at radius 2 is 1.73 bits per heavy atom. The number of anilines is 1. The highest BCUT2D eigenvalue weighted by molar-refractivity contribution is 6.05. The molecule has 1 saturated heterocycles. The van der Waals surface area contributed by atoms with Gasteiger partial charge in [0.2, 0.25) is 0 Å². The molecule has 190 valence electrons. The summed E-state index contributed by atoms with van der Waals surface area (Å²) in [5.74, 6) is -0.484. The molecule has 0 spiro atoms. The second-order valence-electron chi connectivity index (χ2n) is 9.07. The minimum atomic E-state index is -4.54. The van der Waals surface area contributed by atoms with Crippen LogP contribution in [-0.4, -0.2) is 47.3 Å². The van der Waals surface area contributed by atoms with Crippen LogP contribution in [0.15, 0.2) is 67.0 Å². The molecule has 1 amide bonds. The first-order chi connectivity index (χ1) is 17.8. The van der Waals surface area contributed by atoms with Gasteiger partial charge in [0.25, 0.3) is 5.91 Å². The molecule has 9 heteroatoms. The van der Waals surface area contributed by atoms with Crippen molar-refractivity contribution >= 4 is 22.4 Å². The second-order valence-corrected chi connectivity index (χ2v) is 9.07. The number of halogens is 3. The third-order valence-electron chi connectivity index (χ3n) is 6.53. The Labute approximate surface area is 212 Å². The van der Waals surface area contributed by atoms with E-state index in [-0.39, 0.29) is 17.8 Å². The van der Waals surface area contributed by atoms with Crippen molar-refractivity contribution in [1.29, 1.82) is 0 Å². The summed E-state index contributed by atoms with van der Waals surface area (Å²) < 4.78 is 46.9. The lowest BCUT2D eigenvalue weighted by molar-refractivity contribution is -0.138. The highest BCUT2D eigenvalue weighted by Crippen LogP contribution is 2.35. The van der Waals surface area contributed by atoms with Crippen molar-refractivity contribution in [3.8, 4) is 11.1 Å². The predicted molar refractivity (Wildman–Crippen MR) is 135 cm³/mol. The summed E-state index contributed by atoms with van der Waals surface area (Å²) in [4.78, 5) is 15.0. The van der Waals surface area contributed by atoms with E-state index >= 15 is 0 Å². The molecule has 1 aliphatic rings. The van der Waals surface area contributed by atoms with E-state index < -0.39 is 17.6 Å². The Morgan fingerprint density at radius 3 is 2.49 bits per heavy atom. The number of alkyl halides is 3. The number of benzene rings is 3. The topological polar surface area (TPSA) is 67.4 Å². The van der Waals surface area contributed by atoms with E-state index in [4.69, 9.17) is 4.74 Å². The molecule has 1 aliphatic heterocycles. The van der Waals surface area contributed by atoms with E-state index in [0.29, 0.717) is 31.9 Å². The summed E-state index contributed by atoms with van der Waals surface area (Å²) in [6, 6.07) is 15.0. The normalized spacial score (nSPS) is 14.6. The maximum atomic E-state index is 13.9. The van der Waals surface area contributed by atoms with Gasteiger partial charge in [0.05, 0.1) is 31.2 Å². The van der Waals surface area contributed by atoms with Crippen molar-refractivity contribution in [2.24, 2.45) is 0 Å². The summed E-state index contributed by atoms with van der Waals surface area (Å²) in [5.41, 5.74) is 2.58. The van der Waals surface area contributed by atoms with Gasteiger partial charge in [0, 0.05) is 41.7 Å². The minimum absolute atomic E-state index is 0.0921. The zero-order valence-corrected chi connectivity index (χ0v) is 20.2. The number of nitrogens with zero attached hydrogens (tertiary/aromatic N) is 3. The Morgan fingerprint density at radius 1 is 0.973 bits per heavy atom. The number of fused-ring (bicyclic) bond motifs is 1. The van der Waals surface area contributed by atoms with E-state index in [0.717, 1.165) is 33.5 Å². The molecule has 4 aromatic rings. The molecular formula is C28H25F3N4O2. The zero-order chi connectivity index (χ0) is 26.0. The Kier molecular flexibility index (Phi) is 6.90.